The Morgan fingerprint density at radius 3 is 2.37 bits per heavy atom. The van der Waals surface area contributed by atoms with Crippen molar-refractivity contribution in [2.75, 3.05) is 5.43 Å². The van der Waals surface area contributed by atoms with Crippen LogP contribution in [0.3, 0.4) is 0 Å². The van der Waals surface area contributed by atoms with Crippen molar-refractivity contribution in [3.8, 4) is 0 Å². The van der Waals surface area contributed by atoms with E-state index in [0.29, 0.717) is 5.41 Å². The largest absolute Gasteiger partial charge is 0.478 e. The van der Waals surface area contributed by atoms with Gasteiger partial charge in [0.05, 0.1) is 17.5 Å². The molecule has 140 valence electrons. The van der Waals surface area contributed by atoms with Gasteiger partial charge in [-0.2, -0.15) is 5.10 Å². The van der Waals surface area contributed by atoms with Gasteiger partial charge in [0.15, 0.2) is 0 Å². The Kier molecular flexibility index (Phi) is 4.04. The van der Waals surface area contributed by atoms with Crippen LogP contribution >= 0.6 is 11.3 Å². The number of aromatic carboxylic acids is 1. The van der Waals surface area contributed by atoms with Gasteiger partial charge in [0.1, 0.15) is 0 Å². The highest BCUT2D eigenvalue weighted by atomic mass is 32.1. The van der Waals surface area contributed by atoms with E-state index in [-0.39, 0.29) is 5.56 Å². The molecule has 2 aromatic rings. The van der Waals surface area contributed by atoms with Crippen LogP contribution in [-0.2, 0) is 5.41 Å². The van der Waals surface area contributed by atoms with Gasteiger partial charge >= 0.3 is 5.97 Å². The molecule has 4 aliphatic carbocycles. The molecule has 0 radical (unpaired) electrons. The number of thiazole rings is 1. The Morgan fingerprint density at radius 2 is 1.78 bits per heavy atom. The van der Waals surface area contributed by atoms with Crippen LogP contribution in [-0.4, -0.2) is 22.3 Å². The van der Waals surface area contributed by atoms with E-state index >= 15 is 0 Å². The molecular formula is C21H23N3O2S. The molecular weight excluding hydrogens is 358 g/mol. The molecule has 1 aromatic carbocycles. The summed E-state index contributed by atoms with van der Waals surface area (Å²) >= 11 is 1.63. The number of aromatic nitrogens is 1. The first-order valence-electron chi connectivity index (χ1n) is 9.68. The smallest absolute Gasteiger partial charge is 0.335 e. The van der Waals surface area contributed by atoms with E-state index < -0.39 is 5.97 Å². The van der Waals surface area contributed by atoms with Gasteiger partial charge < -0.3 is 5.11 Å². The summed E-state index contributed by atoms with van der Waals surface area (Å²) in [5.74, 6) is 1.83. The number of carboxylic acids is 1. The normalized spacial score (nSPS) is 31.5. The van der Waals surface area contributed by atoms with Crippen molar-refractivity contribution in [2.24, 2.45) is 22.9 Å². The predicted molar refractivity (Wildman–Crippen MR) is 107 cm³/mol. The first-order chi connectivity index (χ1) is 13.1. The van der Waals surface area contributed by atoms with Gasteiger partial charge in [-0.25, -0.2) is 9.78 Å². The van der Waals surface area contributed by atoms with Crippen molar-refractivity contribution in [3.05, 3.63) is 46.5 Å². The number of carbonyl (C=O) groups is 1. The standard InChI is InChI=1S/C21H23N3O2S/c25-19(26)17-3-1-13(2-4-17)11-22-24-20-23-18(12-27-20)21-8-14-5-15(9-21)7-16(6-14)10-21/h1-4,11-12,14-16H,5-10H2,(H,23,24)(H,25,26)/b22-11+. The highest BCUT2D eigenvalue weighted by molar-refractivity contribution is 7.13. The van der Waals surface area contributed by atoms with Crippen LogP contribution in [0.5, 0.6) is 0 Å². The van der Waals surface area contributed by atoms with Gasteiger partial charge in [0.25, 0.3) is 0 Å². The molecule has 4 aliphatic rings. The third kappa shape index (κ3) is 3.16. The van der Waals surface area contributed by atoms with E-state index in [1.165, 1.54) is 44.2 Å². The summed E-state index contributed by atoms with van der Waals surface area (Å²) in [6.07, 6.45) is 9.99. The zero-order valence-electron chi connectivity index (χ0n) is 15.1. The summed E-state index contributed by atoms with van der Waals surface area (Å²) in [6.45, 7) is 0. The maximum Gasteiger partial charge on any atom is 0.335 e. The fourth-order valence-corrected chi connectivity index (χ4v) is 6.65. The number of hydrogen-bond donors (Lipinski definition) is 2. The molecule has 2 N–H and O–H groups in total. The van der Waals surface area contributed by atoms with Gasteiger partial charge in [0, 0.05) is 10.8 Å². The van der Waals surface area contributed by atoms with E-state index in [1.807, 2.05) is 0 Å². The third-order valence-corrected chi connectivity index (χ3v) is 7.36. The lowest BCUT2D eigenvalue weighted by atomic mass is 9.49. The van der Waals surface area contributed by atoms with Crippen molar-refractivity contribution in [1.82, 2.24) is 4.98 Å². The lowest BCUT2D eigenvalue weighted by molar-refractivity contribution is -0.00688. The number of hydrogen-bond acceptors (Lipinski definition) is 5. The van der Waals surface area contributed by atoms with Crippen LogP contribution in [0.15, 0.2) is 34.7 Å². The number of carboxylic acid groups (broad SMARTS) is 1. The number of nitrogens with one attached hydrogen (secondary N) is 1. The molecule has 0 amide bonds. The summed E-state index contributed by atoms with van der Waals surface area (Å²) in [5, 5.41) is 16.3. The highest BCUT2D eigenvalue weighted by Gasteiger charge is 2.52. The lowest BCUT2D eigenvalue weighted by Crippen LogP contribution is -2.48. The molecule has 6 rings (SSSR count). The van der Waals surface area contributed by atoms with Crippen LogP contribution in [0.4, 0.5) is 5.13 Å². The second-order valence-electron chi connectivity index (χ2n) is 8.53. The number of nitrogens with zero attached hydrogens (tertiary/aromatic N) is 2. The van der Waals surface area contributed by atoms with Gasteiger partial charge in [-0.3, -0.25) is 5.43 Å². The first-order valence-corrected chi connectivity index (χ1v) is 10.6. The highest BCUT2D eigenvalue weighted by Crippen LogP contribution is 2.60. The molecule has 0 atom stereocenters. The predicted octanol–water partition coefficient (Wildman–Crippen LogP) is 4.76. The average Bonchev–Trinajstić information content (AvgIpc) is 3.11. The quantitative estimate of drug-likeness (QED) is 0.579. The second kappa shape index (κ2) is 6.44. The molecule has 0 aliphatic heterocycles. The number of hydrazone groups is 1. The molecule has 0 unspecified atom stereocenters. The summed E-state index contributed by atoms with van der Waals surface area (Å²) in [6, 6.07) is 6.66. The molecule has 4 fully saturated rings. The Hall–Kier alpha value is -2.21. The van der Waals surface area contributed by atoms with Crippen LogP contribution in [0.25, 0.3) is 0 Å². The maximum absolute atomic E-state index is 10.9. The van der Waals surface area contributed by atoms with Crippen LogP contribution in [0, 0.1) is 17.8 Å². The minimum Gasteiger partial charge on any atom is -0.478 e. The first kappa shape index (κ1) is 16.9. The topological polar surface area (TPSA) is 74.6 Å². The zero-order valence-corrected chi connectivity index (χ0v) is 15.9. The van der Waals surface area contributed by atoms with E-state index in [9.17, 15) is 4.79 Å². The Morgan fingerprint density at radius 1 is 1.15 bits per heavy atom. The zero-order chi connectivity index (χ0) is 18.4. The monoisotopic (exact) mass is 381 g/mol. The van der Waals surface area contributed by atoms with Crippen molar-refractivity contribution in [3.63, 3.8) is 0 Å². The minimum atomic E-state index is -0.920. The molecule has 4 saturated carbocycles. The summed E-state index contributed by atoms with van der Waals surface area (Å²) in [7, 11) is 0. The molecule has 5 nitrogen and oxygen atoms in total. The second-order valence-corrected chi connectivity index (χ2v) is 9.39. The van der Waals surface area contributed by atoms with Crippen molar-refractivity contribution < 1.29 is 9.90 Å². The molecule has 1 heterocycles. The SMILES string of the molecule is O=C(O)c1ccc(/C=N/Nc2nc(C34CC5CC(CC(C5)C3)C4)cs2)cc1. The molecule has 0 spiro atoms. The maximum atomic E-state index is 10.9. The molecule has 27 heavy (non-hydrogen) atoms. The van der Waals surface area contributed by atoms with Crippen LogP contribution < -0.4 is 5.43 Å². The van der Waals surface area contributed by atoms with Crippen molar-refractivity contribution >= 4 is 28.7 Å². The molecule has 6 heteroatoms. The van der Waals surface area contributed by atoms with Crippen LogP contribution in [0.2, 0.25) is 0 Å². The fraction of sp³-hybridized carbons (Fsp3) is 0.476. The number of benzene rings is 1. The van der Waals surface area contributed by atoms with Gasteiger partial charge in [-0.15, -0.1) is 11.3 Å². The molecule has 0 saturated heterocycles. The number of anilines is 1. The van der Waals surface area contributed by atoms with Gasteiger partial charge in [0.2, 0.25) is 5.13 Å². The Balaban J connectivity index is 1.27. The van der Waals surface area contributed by atoms with Gasteiger partial charge in [-0.1, -0.05) is 12.1 Å². The van der Waals surface area contributed by atoms with E-state index in [0.717, 1.165) is 28.4 Å². The van der Waals surface area contributed by atoms with E-state index in [1.54, 1.807) is 41.8 Å². The lowest BCUT2D eigenvalue weighted by Gasteiger charge is -2.56. The summed E-state index contributed by atoms with van der Waals surface area (Å²) < 4.78 is 0. The summed E-state index contributed by atoms with van der Waals surface area (Å²) in [5.41, 5.74) is 5.77. The Labute approximate surface area is 162 Å². The van der Waals surface area contributed by atoms with Gasteiger partial charge in [-0.05, 0) is 74.0 Å². The molecule has 1 aromatic heterocycles. The Bertz CT molecular complexity index is 852. The summed E-state index contributed by atoms with van der Waals surface area (Å²) in [4.78, 5) is 15.8. The van der Waals surface area contributed by atoms with E-state index in [4.69, 9.17) is 10.1 Å². The third-order valence-electron chi connectivity index (χ3n) is 6.62. The van der Waals surface area contributed by atoms with Crippen LogP contribution in [0.1, 0.15) is 60.1 Å². The van der Waals surface area contributed by atoms with E-state index in [2.05, 4.69) is 15.9 Å². The number of rotatable bonds is 5. The fourth-order valence-electron chi connectivity index (χ4n) is 5.87. The van der Waals surface area contributed by atoms with Crippen molar-refractivity contribution in [1.29, 1.82) is 0 Å². The average molecular weight is 382 g/mol. The molecule has 4 bridgehead atoms. The van der Waals surface area contributed by atoms with Crippen molar-refractivity contribution in [2.45, 2.75) is 43.9 Å². The minimum absolute atomic E-state index is 0.278.